The van der Waals surface area contributed by atoms with Gasteiger partial charge in [-0.15, -0.1) is 0 Å². The number of hydrogen-bond donors (Lipinski definition) is 3. The molecule has 0 aromatic rings. The van der Waals surface area contributed by atoms with Crippen LogP contribution < -0.4 is 5.32 Å². The fraction of sp³-hybridized carbons (Fsp3) is 0.913. The van der Waals surface area contributed by atoms with Crippen molar-refractivity contribution in [2.24, 2.45) is 0 Å². The van der Waals surface area contributed by atoms with E-state index in [1.807, 2.05) is 0 Å². The van der Waals surface area contributed by atoms with E-state index in [-0.39, 0.29) is 24.9 Å². The minimum absolute atomic E-state index is 0.0763. The third-order valence-electron chi connectivity index (χ3n) is 10.6. The number of carbonyl (C=O) groups is 2. The number of aliphatic hydroxyl groups excluding tert-OH is 2. The Hall–Kier alpha value is -1.40. The Bertz CT molecular complexity index is 787. The van der Waals surface area contributed by atoms with E-state index in [1.165, 1.54) is 141 Å². The number of hydrogen-bond acceptors (Lipinski definition) is 5. The number of aliphatic hydroxyl groups is 2. The van der Waals surface area contributed by atoms with E-state index in [9.17, 15) is 19.8 Å². The zero-order valence-corrected chi connectivity index (χ0v) is 35.0. The number of rotatable bonds is 41. The predicted octanol–water partition coefficient (Wildman–Crippen LogP) is 13.0. The molecular formula is C46H89NO5. The Morgan fingerprint density at radius 1 is 0.538 bits per heavy atom. The Kier molecular flexibility index (Phi) is 39.7. The van der Waals surface area contributed by atoms with Crippen LogP contribution in [0.2, 0.25) is 0 Å². The highest BCUT2D eigenvalue weighted by Crippen LogP contribution is 2.17. The number of unbranched alkanes of at least 4 members (excludes halogenated alkanes) is 27. The molecule has 0 saturated carbocycles. The van der Waals surface area contributed by atoms with E-state index in [1.54, 1.807) is 0 Å². The molecule has 0 aliphatic carbocycles. The smallest absolute Gasteiger partial charge is 0.306 e. The summed E-state index contributed by atoms with van der Waals surface area (Å²) in [6.45, 7) is 6.44. The average Bonchev–Trinajstić information content (AvgIpc) is 3.13. The third-order valence-corrected chi connectivity index (χ3v) is 10.6. The summed E-state index contributed by atoms with van der Waals surface area (Å²) < 4.78 is 5.86. The zero-order chi connectivity index (χ0) is 38.2. The average molecular weight is 736 g/mol. The Labute approximate surface area is 323 Å². The SMILES string of the molecule is CCCCCCCC/C=C\CCCCCC(=O)OC(CCCCCCCCC)CC(=O)NC(CO)C(O)CCCCCCCCCCCCCCC. The summed E-state index contributed by atoms with van der Waals surface area (Å²) >= 11 is 0. The fourth-order valence-corrected chi connectivity index (χ4v) is 7.07. The maximum Gasteiger partial charge on any atom is 0.306 e. The van der Waals surface area contributed by atoms with Crippen LogP contribution in [0.4, 0.5) is 0 Å². The molecule has 0 rings (SSSR count). The first kappa shape index (κ1) is 50.6. The Balaban J connectivity index is 4.43. The molecule has 52 heavy (non-hydrogen) atoms. The molecule has 0 saturated heterocycles. The monoisotopic (exact) mass is 736 g/mol. The topological polar surface area (TPSA) is 95.9 Å². The van der Waals surface area contributed by atoms with Crippen molar-refractivity contribution in [2.45, 2.75) is 264 Å². The number of amides is 1. The second kappa shape index (κ2) is 40.8. The second-order valence-electron chi connectivity index (χ2n) is 15.8. The van der Waals surface area contributed by atoms with E-state index in [0.29, 0.717) is 19.3 Å². The minimum atomic E-state index is -0.781. The molecule has 0 fully saturated rings. The van der Waals surface area contributed by atoms with Crippen LogP contribution in [0.15, 0.2) is 12.2 Å². The quantitative estimate of drug-likeness (QED) is 0.0330. The second-order valence-corrected chi connectivity index (χ2v) is 15.8. The molecule has 3 N–H and O–H groups in total. The summed E-state index contributed by atoms with van der Waals surface area (Å²) in [6.07, 6.45) is 42.8. The van der Waals surface area contributed by atoms with Crippen molar-refractivity contribution in [2.75, 3.05) is 6.61 Å². The lowest BCUT2D eigenvalue weighted by molar-refractivity contribution is -0.151. The van der Waals surface area contributed by atoms with Gasteiger partial charge in [0.15, 0.2) is 0 Å². The van der Waals surface area contributed by atoms with Gasteiger partial charge in [-0.05, 0) is 51.4 Å². The number of ether oxygens (including phenoxy) is 1. The van der Waals surface area contributed by atoms with Crippen molar-refractivity contribution in [3.05, 3.63) is 12.2 Å². The van der Waals surface area contributed by atoms with Gasteiger partial charge in [0.2, 0.25) is 5.91 Å². The Morgan fingerprint density at radius 2 is 0.923 bits per heavy atom. The lowest BCUT2D eigenvalue weighted by atomic mass is 10.0. The van der Waals surface area contributed by atoms with Crippen molar-refractivity contribution >= 4 is 11.9 Å². The fourth-order valence-electron chi connectivity index (χ4n) is 7.07. The molecule has 3 atom stereocenters. The van der Waals surface area contributed by atoms with Crippen LogP contribution in [0, 0.1) is 0 Å². The van der Waals surface area contributed by atoms with Crippen LogP contribution in [0.3, 0.4) is 0 Å². The summed E-state index contributed by atoms with van der Waals surface area (Å²) in [5.74, 6) is -0.488. The van der Waals surface area contributed by atoms with Crippen LogP contribution in [0.1, 0.15) is 245 Å². The molecule has 0 aliphatic rings. The van der Waals surface area contributed by atoms with Gasteiger partial charge in [-0.3, -0.25) is 9.59 Å². The molecule has 3 unspecified atom stereocenters. The number of nitrogens with one attached hydrogen (secondary N) is 1. The van der Waals surface area contributed by atoms with E-state index in [0.717, 1.165) is 57.8 Å². The number of carbonyl (C=O) groups excluding carboxylic acids is 2. The van der Waals surface area contributed by atoms with Gasteiger partial charge in [-0.1, -0.05) is 193 Å². The summed E-state index contributed by atoms with van der Waals surface area (Å²) in [5, 5.41) is 23.6. The van der Waals surface area contributed by atoms with Crippen LogP contribution in [-0.2, 0) is 14.3 Å². The highest BCUT2D eigenvalue weighted by molar-refractivity contribution is 5.77. The van der Waals surface area contributed by atoms with Crippen molar-refractivity contribution in [1.29, 1.82) is 0 Å². The van der Waals surface area contributed by atoms with Gasteiger partial charge in [0.25, 0.3) is 0 Å². The normalized spacial score (nSPS) is 13.4. The molecule has 0 bridgehead atoms. The summed E-state index contributed by atoms with van der Waals surface area (Å²) in [6, 6.07) is -0.695. The third kappa shape index (κ3) is 35.6. The molecular weight excluding hydrogens is 647 g/mol. The highest BCUT2D eigenvalue weighted by Gasteiger charge is 2.24. The van der Waals surface area contributed by atoms with Gasteiger partial charge < -0.3 is 20.3 Å². The molecule has 0 aromatic carbocycles. The lowest BCUT2D eigenvalue weighted by Gasteiger charge is -2.24. The van der Waals surface area contributed by atoms with Gasteiger partial charge in [-0.2, -0.15) is 0 Å². The lowest BCUT2D eigenvalue weighted by Crippen LogP contribution is -2.46. The minimum Gasteiger partial charge on any atom is -0.462 e. The van der Waals surface area contributed by atoms with Crippen LogP contribution >= 0.6 is 0 Å². The zero-order valence-electron chi connectivity index (χ0n) is 35.0. The number of allylic oxidation sites excluding steroid dienone is 2. The first-order valence-corrected chi connectivity index (χ1v) is 22.9. The molecule has 6 heteroatoms. The maximum absolute atomic E-state index is 13.1. The number of esters is 1. The molecule has 0 aromatic heterocycles. The van der Waals surface area contributed by atoms with Crippen LogP contribution in [0.25, 0.3) is 0 Å². The van der Waals surface area contributed by atoms with Crippen LogP contribution in [-0.4, -0.2) is 46.9 Å². The van der Waals surface area contributed by atoms with Crippen molar-refractivity contribution < 1.29 is 24.5 Å². The highest BCUT2D eigenvalue weighted by atomic mass is 16.5. The van der Waals surface area contributed by atoms with E-state index in [4.69, 9.17) is 4.74 Å². The van der Waals surface area contributed by atoms with Gasteiger partial charge >= 0.3 is 5.97 Å². The van der Waals surface area contributed by atoms with Crippen molar-refractivity contribution in [3.63, 3.8) is 0 Å². The standard InChI is InChI=1S/C46H89NO5/c1-4-7-10-13-16-18-20-22-24-26-29-32-35-38-44(49)43(41-48)47-45(50)40-42(37-34-31-28-15-12-9-6-3)52-46(51)39-36-33-30-27-25-23-21-19-17-14-11-8-5-2/h23,25,42-44,48-49H,4-22,24,26-41H2,1-3H3,(H,47,50)/b25-23-. The first-order valence-electron chi connectivity index (χ1n) is 22.9. The molecule has 0 spiro atoms. The van der Waals surface area contributed by atoms with E-state index in [2.05, 4.69) is 38.2 Å². The van der Waals surface area contributed by atoms with E-state index >= 15 is 0 Å². The largest absolute Gasteiger partial charge is 0.462 e. The molecule has 0 radical (unpaired) electrons. The molecule has 6 nitrogen and oxygen atoms in total. The van der Waals surface area contributed by atoms with Gasteiger partial charge in [-0.25, -0.2) is 0 Å². The molecule has 308 valence electrons. The molecule has 1 amide bonds. The summed E-state index contributed by atoms with van der Waals surface area (Å²) in [4.78, 5) is 25.8. The predicted molar refractivity (Wildman–Crippen MR) is 223 cm³/mol. The molecule has 0 heterocycles. The van der Waals surface area contributed by atoms with Gasteiger partial charge in [0.05, 0.1) is 25.2 Å². The van der Waals surface area contributed by atoms with E-state index < -0.39 is 18.2 Å². The Morgan fingerprint density at radius 3 is 1.37 bits per heavy atom. The summed E-state index contributed by atoms with van der Waals surface area (Å²) in [5.41, 5.74) is 0. The van der Waals surface area contributed by atoms with Crippen LogP contribution in [0.5, 0.6) is 0 Å². The maximum atomic E-state index is 13.1. The summed E-state index contributed by atoms with van der Waals surface area (Å²) in [7, 11) is 0. The van der Waals surface area contributed by atoms with Gasteiger partial charge in [0, 0.05) is 6.42 Å². The van der Waals surface area contributed by atoms with Gasteiger partial charge in [0.1, 0.15) is 6.10 Å². The first-order chi connectivity index (χ1) is 25.5. The van der Waals surface area contributed by atoms with Crippen molar-refractivity contribution in [3.8, 4) is 0 Å². The van der Waals surface area contributed by atoms with Crippen molar-refractivity contribution in [1.82, 2.24) is 5.32 Å². The molecule has 0 aliphatic heterocycles.